The van der Waals surface area contributed by atoms with Crippen molar-refractivity contribution in [2.45, 2.75) is 39.3 Å². The maximum Gasteiger partial charge on any atom is 0.234 e. The Morgan fingerprint density at radius 1 is 1.21 bits per heavy atom. The van der Waals surface area contributed by atoms with Crippen LogP contribution >= 0.6 is 0 Å². The zero-order chi connectivity index (χ0) is 13.7. The number of carbonyl (C=O) groups is 1. The minimum absolute atomic E-state index is 0.0793. The first-order chi connectivity index (χ1) is 9.16. The first-order valence-corrected chi connectivity index (χ1v) is 7.21. The SMILES string of the molecule is CC1CCC(NCC(=O)NCc2ccccc2)C1C. The Balaban J connectivity index is 1.68. The molecular weight excluding hydrogens is 236 g/mol. The second-order valence-electron chi connectivity index (χ2n) is 5.66. The molecule has 0 spiro atoms. The third-order valence-electron chi connectivity index (χ3n) is 4.32. The summed E-state index contributed by atoms with van der Waals surface area (Å²) in [5, 5.41) is 6.33. The van der Waals surface area contributed by atoms with E-state index in [1.807, 2.05) is 30.3 Å². The van der Waals surface area contributed by atoms with E-state index in [9.17, 15) is 4.79 Å². The Morgan fingerprint density at radius 3 is 2.58 bits per heavy atom. The van der Waals surface area contributed by atoms with E-state index >= 15 is 0 Å². The van der Waals surface area contributed by atoms with Crippen LogP contribution in [0.4, 0.5) is 0 Å². The summed E-state index contributed by atoms with van der Waals surface area (Å²) < 4.78 is 0. The normalized spacial score (nSPS) is 26.3. The van der Waals surface area contributed by atoms with Crippen molar-refractivity contribution in [3.63, 3.8) is 0 Å². The van der Waals surface area contributed by atoms with Crippen molar-refractivity contribution in [3.05, 3.63) is 35.9 Å². The fourth-order valence-electron chi connectivity index (χ4n) is 2.74. The Bertz CT molecular complexity index is 404. The quantitative estimate of drug-likeness (QED) is 0.853. The van der Waals surface area contributed by atoms with Gasteiger partial charge in [0.25, 0.3) is 0 Å². The molecule has 2 rings (SSSR count). The number of hydrogen-bond donors (Lipinski definition) is 2. The summed E-state index contributed by atoms with van der Waals surface area (Å²) in [5.41, 5.74) is 1.14. The molecule has 104 valence electrons. The molecule has 1 saturated carbocycles. The summed E-state index contributed by atoms with van der Waals surface area (Å²) in [7, 11) is 0. The maximum absolute atomic E-state index is 11.8. The number of carbonyl (C=O) groups excluding carboxylic acids is 1. The minimum atomic E-state index is 0.0793. The van der Waals surface area contributed by atoms with Crippen LogP contribution in [-0.2, 0) is 11.3 Å². The molecule has 3 heteroatoms. The lowest BCUT2D eigenvalue weighted by Crippen LogP contribution is -2.40. The number of amides is 1. The Labute approximate surface area is 115 Å². The highest BCUT2D eigenvalue weighted by molar-refractivity contribution is 5.78. The van der Waals surface area contributed by atoms with Gasteiger partial charge < -0.3 is 10.6 Å². The predicted molar refractivity (Wildman–Crippen MR) is 77.6 cm³/mol. The van der Waals surface area contributed by atoms with Crippen LogP contribution in [0.15, 0.2) is 30.3 Å². The Hall–Kier alpha value is -1.35. The molecule has 1 aromatic rings. The summed E-state index contributed by atoms with van der Waals surface area (Å²) in [6.07, 6.45) is 2.46. The van der Waals surface area contributed by atoms with Crippen molar-refractivity contribution in [1.29, 1.82) is 0 Å². The van der Waals surface area contributed by atoms with E-state index in [-0.39, 0.29) is 5.91 Å². The van der Waals surface area contributed by atoms with Gasteiger partial charge in [0.2, 0.25) is 5.91 Å². The van der Waals surface area contributed by atoms with E-state index in [1.165, 1.54) is 12.8 Å². The topological polar surface area (TPSA) is 41.1 Å². The van der Waals surface area contributed by atoms with Crippen molar-refractivity contribution in [2.75, 3.05) is 6.54 Å². The highest BCUT2D eigenvalue weighted by atomic mass is 16.1. The van der Waals surface area contributed by atoms with Crippen LogP contribution < -0.4 is 10.6 Å². The molecule has 2 N–H and O–H groups in total. The fourth-order valence-corrected chi connectivity index (χ4v) is 2.74. The molecule has 1 fully saturated rings. The van der Waals surface area contributed by atoms with Gasteiger partial charge in [-0.05, 0) is 30.2 Å². The summed E-state index contributed by atoms with van der Waals surface area (Å²) in [6, 6.07) is 10.5. The zero-order valence-corrected chi connectivity index (χ0v) is 11.9. The van der Waals surface area contributed by atoms with Gasteiger partial charge in [0, 0.05) is 12.6 Å². The fraction of sp³-hybridized carbons (Fsp3) is 0.562. The summed E-state index contributed by atoms with van der Waals surface area (Å²) in [4.78, 5) is 11.8. The summed E-state index contributed by atoms with van der Waals surface area (Å²) in [6.45, 7) is 5.60. The van der Waals surface area contributed by atoms with E-state index in [1.54, 1.807) is 0 Å². The van der Waals surface area contributed by atoms with Gasteiger partial charge in [-0.1, -0.05) is 44.2 Å². The smallest absolute Gasteiger partial charge is 0.234 e. The first kappa shape index (κ1) is 14.1. The lowest BCUT2D eigenvalue weighted by atomic mass is 9.98. The molecule has 0 radical (unpaired) electrons. The van der Waals surface area contributed by atoms with Crippen molar-refractivity contribution in [1.82, 2.24) is 10.6 Å². The molecule has 3 unspecified atom stereocenters. The standard InChI is InChI=1S/C16H24N2O/c1-12-8-9-15(13(12)2)17-11-16(19)18-10-14-6-4-3-5-7-14/h3-7,12-13,15,17H,8-11H2,1-2H3,(H,18,19). The molecule has 1 aliphatic carbocycles. The Kier molecular flexibility index (Phi) is 4.97. The molecule has 1 amide bonds. The van der Waals surface area contributed by atoms with Crippen LogP contribution in [0.1, 0.15) is 32.3 Å². The number of hydrogen-bond acceptors (Lipinski definition) is 2. The van der Waals surface area contributed by atoms with Gasteiger partial charge in [-0.2, -0.15) is 0 Å². The van der Waals surface area contributed by atoms with Crippen molar-refractivity contribution < 1.29 is 4.79 Å². The highest BCUT2D eigenvalue weighted by Crippen LogP contribution is 2.30. The molecule has 19 heavy (non-hydrogen) atoms. The largest absolute Gasteiger partial charge is 0.351 e. The van der Waals surface area contributed by atoms with E-state index in [0.717, 1.165) is 11.5 Å². The average Bonchev–Trinajstić information content (AvgIpc) is 2.75. The van der Waals surface area contributed by atoms with Gasteiger partial charge in [-0.3, -0.25) is 4.79 Å². The van der Waals surface area contributed by atoms with Crippen LogP contribution in [0.3, 0.4) is 0 Å². The van der Waals surface area contributed by atoms with Crippen LogP contribution in [-0.4, -0.2) is 18.5 Å². The van der Waals surface area contributed by atoms with Gasteiger partial charge >= 0.3 is 0 Å². The third-order valence-corrected chi connectivity index (χ3v) is 4.32. The highest BCUT2D eigenvalue weighted by Gasteiger charge is 2.29. The Morgan fingerprint density at radius 2 is 1.95 bits per heavy atom. The van der Waals surface area contributed by atoms with E-state index in [4.69, 9.17) is 0 Å². The molecule has 0 heterocycles. The monoisotopic (exact) mass is 260 g/mol. The second kappa shape index (κ2) is 6.71. The van der Waals surface area contributed by atoms with Crippen LogP contribution in [0.2, 0.25) is 0 Å². The second-order valence-corrected chi connectivity index (χ2v) is 5.66. The van der Waals surface area contributed by atoms with Gasteiger partial charge in [-0.15, -0.1) is 0 Å². The first-order valence-electron chi connectivity index (χ1n) is 7.21. The van der Waals surface area contributed by atoms with Crippen molar-refractivity contribution >= 4 is 5.91 Å². The van der Waals surface area contributed by atoms with Crippen LogP contribution in [0.25, 0.3) is 0 Å². The number of nitrogens with one attached hydrogen (secondary N) is 2. The van der Waals surface area contributed by atoms with Crippen LogP contribution in [0.5, 0.6) is 0 Å². The van der Waals surface area contributed by atoms with Gasteiger partial charge in [0.15, 0.2) is 0 Å². The van der Waals surface area contributed by atoms with Gasteiger partial charge in [0.1, 0.15) is 0 Å². The maximum atomic E-state index is 11.8. The van der Waals surface area contributed by atoms with E-state index in [2.05, 4.69) is 24.5 Å². The lowest BCUT2D eigenvalue weighted by Gasteiger charge is -2.19. The molecule has 3 nitrogen and oxygen atoms in total. The molecular formula is C16H24N2O. The summed E-state index contributed by atoms with van der Waals surface area (Å²) >= 11 is 0. The molecule has 3 atom stereocenters. The van der Waals surface area contributed by atoms with Crippen LogP contribution in [0, 0.1) is 11.8 Å². The number of rotatable bonds is 5. The molecule has 0 aromatic heterocycles. The van der Waals surface area contributed by atoms with Crippen molar-refractivity contribution in [2.24, 2.45) is 11.8 Å². The minimum Gasteiger partial charge on any atom is -0.351 e. The van der Waals surface area contributed by atoms with Crippen molar-refractivity contribution in [3.8, 4) is 0 Å². The summed E-state index contributed by atoms with van der Waals surface area (Å²) in [5.74, 6) is 1.52. The predicted octanol–water partition coefficient (Wildman–Crippen LogP) is 2.33. The average molecular weight is 260 g/mol. The van der Waals surface area contributed by atoms with E-state index in [0.29, 0.717) is 25.0 Å². The van der Waals surface area contributed by atoms with Gasteiger partial charge in [-0.25, -0.2) is 0 Å². The zero-order valence-electron chi connectivity index (χ0n) is 11.9. The molecule has 0 saturated heterocycles. The van der Waals surface area contributed by atoms with E-state index < -0.39 is 0 Å². The molecule has 0 aliphatic heterocycles. The number of benzene rings is 1. The molecule has 0 bridgehead atoms. The molecule has 1 aromatic carbocycles. The third kappa shape index (κ3) is 4.06. The lowest BCUT2D eigenvalue weighted by molar-refractivity contribution is -0.120. The van der Waals surface area contributed by atoms with Gasteiger partial charge in [0.05, 0.1) is 6.54 Å². The molecule has 1 aliphatic rings.